The molecule has 5 heteroatoms. The Balaban J connectivity index is 1.91. The van der Waals surface area contributed by atoms with Crippen molar-refractivity contribution < 1.29 is 9.53 Å². The smallest absolute Gasteiger partial charge is 0.255 e. The van der Waals surface area contributed by atoms with Crippen LogP contribution in [0.15, 0.2) is 67.0 Å². The summed E-state index contributed by atoms with van der Waals surface area (Å²) in [5.74, 6) is 0.622. The highest BCUT2D eigenvalue weighted by Gasteiger charge is 2.18. The van der Waals surface area contributed by atoms with Crippen LogP contribution in [0.2, 0.25) is 0 Å². The van der Waals surface area contributed by atoms with E-state index in [0.717, 1.165) is 16.9 Å². The molecule has 0 bridgehead atoms. The van der Waals surface area contributed by atoms with Gasteiger partial charge in [0.1, 0.15) is 5.75 Å². The van der Waals surface area contributed by atoms with Crippen LogP contribution >= 0.6 is 0 Å². The minimum atomic E-state index is -0.246. The second-order valence-corrected chi connectivity index (χ2v) is 5.49. The molecule has 0 aliphatic carbocycles. The van der Waals surface area contributed by atoms with Gasteiger partial charge in [-0.3, -0.25) is 9.48 Å². The largest absolute Gasteiger partial charge is 0.497 e. The molecule has 0 saturated heterocycles. The van der Waals surface area contributed by atoms with Crippen molar-refractivity contribution in [3.05, 3.63) is 83.7 Å². The van der Waals surface area contributed by atoms with Crippen molar-refractivity contribution in [1.82, 2.24) is 15.1 Å². The molecule has 1 amide bonds. The molecule has 3 rings (SSSR count). The maximum absolute atomic E-state index is 12.5. The van der Waals surface area contributed by atoms with Gasteiger partial charge in [-0.05, 0) is 23.3 Å². The van der Waals surface area contributed by atoms with E-state index in [1.54, 1.807) is 31.2 Å². The highest BCUT2D eigenvalue weighted by atomic mass is 16.5. The summed E-state index contributed by atoms with van der Waals surface area (Å²) >= 11 is 0. The van der Waals surface area contributed by atoms with Gasteiger partial charge in [0.25, 0.3) is 5.91 Å². The van der Waals surface area contributed by atoms with E-state index in [2.05, 4.69) is 10.4 Å². The number of rotatable bonds is 5. The normalized spacial score (nSPS) is 11.8. The molecule has 0 spiro atoms. The summed E-state index contributed by atoms with van der Waals surface area (Å²) in [6.45, 7) is 0. The molecule has 1 heterocycles. The number of aryl methyl sites for hydroxylation is 1. The molecule has 122 valence electrons. The molecule has 0 fully saturated rings. The molecular weight excluding hydrogens is 302 g/mol. The van der Waals surface area contributed by atoms with E-state index in [4.69, 9.17) is 4.74 Å². The van der Waals surface area contributed by atoms with Crippen molar-refractivity contribution in [2.24, 2.45) is 7.05 Å². The Labute approximate surface area is 140 Å². The lowest BCUT2D eigenvalue weighted by molar-refractivity contribution is 0.0943. The van der Waals surface area contributed by atoms with Crippen LogP contribution in [0.3, 0.4) is 0 Å². The highest BCUT2D eigenvalue weighted by Crippen LogP contribution is 2.24. The topological polar surface area (TPSA) is 56.1 Å². The van der Waals surface area contributed by atoms with Crippen LogP contribution in [0.5, 0.6) is 5.75 Å². The highest BCUT2D eigenvalue weighted by molar-refractivity contribution is 5.94. The lowest BCUT2D eigenvalue weighted by Crippen LogP contribution is -2.29. The minimum Gasteiger partial charge on any atom is -0.497 e. The first kappa shape index (κ1) is 15.8. The van der Waals surface area contributed by atoms with Crippen LogP contribution < -0.4 is 10.1 Å². The Morgan fingerprint density at radius 3 is 2.33 bits per heavy atom. The summed E-state index contributed by atoms with van der Waals surface area (Å²) in [5, 5.41) is 7.14. The maximum Gasteiger partial charge on any atom is 0.255 e. The van der Waals surface area contributed by atoms with Gasteiger partial charge in [-0.1, -0.05) is 42.5 Å². The standard InChI is InChI=1S/C19H19N3O2/c1-22-13-16(12-20-22)19(23)21-18(14-6-4-3-5-7-14)15-8-10-17(24-2)11-9-15/h3-13,18H,1-2H3,(H,21,23). The molecular formula is C19H19N3O2. The number of ether oxygens (including phenoxy) is 1. The van der Waals surface area contributed by atoms with Crippen LogP contribution in [0.4, 0.5) is 0 Å². The zero-order chi connectivity index (χ0) is 16.9. The van der Waals surface area contributed by atoms with Gasteiger partial charge in [0.05, 0.1) is 24.9 Å². The third-order valence-electron chi connectivity index (χ3n) is 3.82. The number of hydrogen-bond donors (Lipinski definition) is 1. The first-order valence-corrected chi connectivity index (χ1v) is 7.66. The molecule has 1 atom stereocenters. The number of nitrogens with zero attached hydrogens (tertiary/aromatic N) is 2. The number of amides is 1. The van der Waals surface area contributed by atoms with Gasteiger partial charge in [0.15, 0.2) is 0 Å². The first-order chi connectivity index (χ1) is 11.7. The number of aromatic nitrogens is 2. The van der Waals surface area contributed by atoms with Gasteiger partial charge >= 0.3 is 0 Å². The molecule has 0 saturated carbocycles. The number of methoxy groups -OCH3 is 1. The third kappa shape index (κ3) is 3.46. The van der Waals surface area contributed by atoms with Gasteiger partial charge in [-0.25, -0.2) is 0 Å². The second-order valence-electron chi connectivity index (χ2n) is 5.49. The summed E-state index contributed by atoms with van der Waals surface area (Å²) in [5.41, 5.74) is 2.53. The summed E-state index contributed by atoms with van der Waals surface area (Å²) in [6, 6.07) is 17.3. The van der Waals surface area contributed by atoms with Gasteiger partial charge in [-0.15, -0.1) is 0 Å². The Hall–Kier alpha value is -3.08. The molecule has 3 aromatic rings. The maximum atomic E-state index is 12.5. The summed E-state index contributed by atoms with van der Waals surface area (Å²) in [7, 11) is 3.42. The molecule has 0 radical (unpaired) electrons. The summed E-state index contributed by atoms with van der Waals surface area (Å²) in [4.78, 5) is 12.5. The van der Waals surface area contributed by atoms with Gasteiger partial charge in [0.2, 0.25) is 0 Å². The van der Waals surface area contributed by atoms with E-state index >= 15 is 0 Å². The Morgan fingerprint density at radius 1 is 1.08 bits per heavy atom. The summed E-state index contributed by atoms with van der Waals surface area (Å²) in [6.07, 6.45) is 3.26. The zero-order valence-corrected chi connectivity index (χ0v) is 13.6. The quantitative estimate of drug-likeness (QED) is 0.786. The first-order valence-electron chi connectivity index (χ1n) is 7.66. The average Bonchev–Trinajstić information content (AvgIpc) is 3.07. The lowest BCUT2D eigenvalue weighted by atomic mass is 9.98. The molecule has 1 unspecified atom stereocenters. The van der Waals surface area contributed by atoms with E-state index in [0.29, 0.717) is 5.56 Å². The monoisotopic (exact) mass is 321 g/mol. The lowest BCUT2D eigenvalue weighted by Gasteiger charge is -2.20. The third-order valence-corrected chi connectivity index (χ3v) is 3.82. The average molecular weight is 321 g/mol. The second kappa shape index (κ2) is 7.00. The van der Waals surface area contributed by atoms with E-state index in [-0.39, 0.29) is 11.9 Å². The van der Waals surface area contributed by atoms with Crippen LogP contribution in [-0.4, -0.2) is 22.8 Å². The molecule has 24 heavy (non-hydrogen) atoms. The van der Waals surface area contributed by atoms with Crippen molar-refractivity contribution in [2.75, 3.05) is 7.11 Å². The predicted molar refractivity (Wildman–Crippen MR) is 92.0 cm³/mol. The Kier molecular flexibility index (Phi) is 4.61. The van der Waals surface area contributed by atoms with Crippen molar-refractivity contribution in [1.29, 1.82) is 0 Å². The van der Waals surface area contributed by atoms with Crippen LogP contribution in [0, 0.1) is 0 Å². The zero-order valence-electron chi connectivity index (χ0n) is 13.6. The van der Waals surface area contributed by atoms with E-state index in [1.165, 1.54) is 0 Å². The fourth-order valence-corrected chi connectivity index (χ4v) is 2.55. The SMILES string of the molecule is COc1ccc(C(NC(=O)c2cnn(C)c2)c2ccccc2)cc1. The van der Waals surface area contributed by atoms with Crippen LogP contribution in [0.1, 0.15) is 27.5 Å². The molecule has 0 aliphatic rings. The van der Waals surface area contributed by atoms with Gasteiger partial charge in [0, 0.05) is 13.2 Å². The fourth-order valence-electron chi connectivity index (χ4n) is 2.55. The summed E-state index contributed by atoms with van der Waals surface area (Å²) < 4.78 is 6.82. The molecule has 1 N–H and O–H groups in total. The Bertz CT molecular complexity index is 810. The molecule has 2 aromatic carbocycles. The van der Waals surface area contributed by atoms with E-state index in [1.807, 2.05) is 54.6 Å². The van der Waals surface area contributed by atoms with Crippen molar-refractivity contribution in [3.63, 3.8) is 0 Å². The number of nitrogens with one attached hydrogen (secondary N) is 1. The molecule has 0 aliphatic heterocycles. The molecule has 1 aromatic heterocycles. The van der Waals surface area contributed by atoms with Crippen molar-refractivity contribution >= 4 is 5.91 Å². The van der Waals surface area contributed by atoms with Gasteiger partial charge < -0.3 is 10.1 Å². The van der Waals surface area contributed by atoms with Crippen molar-refractivity contribution in [2.45, 2.75) is 6.04 Å². The van der Waals surface area contributed by atoms with Crippen molar-refractivity contribution in [3.8, 4) is 5.75 Å². The van der Waals surface area contributed by atoms with Crippen LogP contribution in [0.25, 0.3) is 0 Å². The van der Waals surface area contributed by atoms with E-state index in [9.17, 15) is 4.79 Å². The van der Waals surface area contributed by atoms with E-state index < -0.39 is 0 Å². The minimum absolute atomic E-state index is 0.159. The number of carbonyl (C=O) groups excluding carboxylic acids is 1. The number of benzene rings is 2. The number of hydrogen-bond acceptors (Lipinski definition) is 3. The molecule has 5 nitrogen and oxygen atoms in total. The number of carbonyl (C=O) groups is 1. The fraction of sp³-hybridized carbons (Fsp3) is 0.158. The van der Waals surface area contributed by atoms with Gasteiger partial charge in [-0.2, -0.15) is 5.10 Å². The predicted octanol–water partition coefficient (Wildman–Crippen LogP) is 2.95. The van der Waals surface area contributed by atoms with Crippen LogP contribution in [-0.2, 0) is 7.05 Å². The Morgan fingerprint density at radius 2 is 1.75 bits per heavy atom.